The summed E-state index contributed by atoms with van der Waals surface area (Å²) >= 11 is 0. The summed E-state index contributed by atoms with van der Waals surface area (Å²) in [4.78, 5) is 14.2. The molecule has 1 aromatic heterocycles. The first-order valence-corrected chi connectivity index (χ1v) is 7.23. The van der Waals surface area contributed by atoms with Gasteiger partial charge in [0, 0.05) is 24.6 Å². The first-order valence-electron chi connectivity index (χ1n) is 7.23. The molecule has 112 valence electrons. The van der Waals surface area contributed by atoms with E-state index >= 15 is 0 Å². The van der Waals surface area contributed by atoms with E-state index < -0.39 is 0 Å². The summed E-state index contributed by atoms with van der Waals surface area (Å²) in [6.45, 7) is 9.23. The number of aromatic nitrogens is 1. The van der Waals surface area contributed by atoms with Gasteiger partial charge in [-0.15, -0.1) is 0 Å². The lowest BCUT2D eigenvalue weighted by Gasteiger charge is -2.32. The molecule has 1 aliphatic rings. The standard InChI is InChI=1S/C15H24N2O3/c1-10(18)11-5-7-17(8-6-11)14(19)12-9-13(20-16-12)15(2,3)4/h9-11,18H,5-8H2,1-4H3. The van der Waals surface area contributed by atoms with Crippen LogP contribution in [-0.4, -0.2) is 40.3 Å². The molecule has 1 saturated heterocycles. The minimum Gasteiger partial charge on any atom is -0.393 e. The number of piperidine rings is 1. The van der Waals surface area contributed by atoms with Gasteiger partial charge < -0.3 is 14.5 Å². The summed E-state index contributed by atoms with van der Waals surface area (Å²) < 4.78 is 5.26. The maximum Gasteiger partial charge on any atom is 0.276 e. The number of aliphatic hydroxyl groups is 1. The Hall–Kier alpha value is -1.36. The van der Waals surface area contributed by atoms with Crippen LogP contribution < -0.4 is 0 Å². The van der Waals surface area contributed by atoms with Gasteiger partial charge in [0.05, 0.1) is 6.10 Å². The Labute approximate surface area is 119 Å². The zero-order valence-electron chi connectivity index (χ0n) is 12.7. The molecule has 0 aromatic carbocycles. The Morgan fingerprint density at radius 2 is 2.05 bits per heavy atom. The summed E-state index contributed by atoms with van der Waals surface area (Å²) in [6, 6.07) is 1.74. The van der Waals surface area contributed by atoms with Gasteiger partial charge in [0.1, 0.15) is 5.76 Å². The molecule has 1 unspecified atom stereocenters. The number of likely N-dealkylation sites (tertiary alicyclic amines) is 1. The fraction of sp³-hybridized carbons (Fsp3) is 0.733. The van der Waals surface area contributed by atoms with E-state index in [0.29, 0.717) is 24.7 Å². The molecular weight excluding hydrogens is 256 g/mol. The molecule has 0 bridgehead atoms. The largest absolute Gasteiger partial charge is 0.393 e. The van der Waals surface area contributed by atoms with E-state index in [-0.39, 0.29) is 17.4 Å². The van der Waals surface area contributed by atoms with Crippen LogP contribution in [0.4, 0.5) is 0 Å². The number of carbonyl (C=O) groups excluding carboxylic acids is 1. The highest BCUT2D eigenvalue weighted by Crippen LogP contribution is 2.25. The Kier molecular flexibility index (Phi) is 4.18. The zero-order valence-corrected chi connectivity index (χ0v) is 12.7. The van der Waals surface area contributed by atoms with Gasteiger partial charge in [0.15, 0.2) is 5.69 Å². The smallest absolute Gasteiger partial charge is 0.276 e. The quantitative estimate of drug-likeness (QED) is 0.902. The molecule has 5 nitrogen and oxygen atoms in total. The molecule has 0 spiro atoms. The molecule has 0 aliphatic carbocycles. The first kappa shape index (κ1) is 15.0. The summed E-state index contributed by atoms with van der Waals surface area (Å²) in [6.07, 6.45) is 1.38. The number of carbonyl (C=O) groups is 1. The van der Waals surface area contributed by atoms with Gasteiger partial charge in [-0.3, -0.25) is 4.79 Å². The number of nitrogens with zero attached hydrogens (tertiary/aromatic N) is 2. The van der Waals surface area contributed by atoms with Gasteiger partial charge in [0.2, 0.25) is 0 Å². The molecular formula is C15H24N2O3. The van der Waals surface area contributed by atoms with E-state index in [1.807, 2.05) is 27.7 Å². The number of hydrogen-bond donors (Lipinski definition) is 1. The molecule has 0 radical (unpaired) electrons. The van der Waals surface area contributed by atoms with E-state index in [0.717, 1.165) is 18.6 Å². The van der Waals surface area contributed by atoms with E-state index in [4.69, 9.17) is 4.52 Å². The van der Waals surface area contributed by atoms with Crippen LogP contribution in [0, 0.1) is 5.92 Å². The van der Waals surface area contributed by atoms with Crippen LogP contribution in [0.3, 0.4) is 0 Å². The van der Waals surface area contributed by atoms with Gasteiger partial charge in [-0.1, -0.05) is 25.9 Å². The van der Waals surface area contributed by atoms with Crippen molar-refractivity contribution in [3.05, 3.63) is 17.5 Å². The van der Waals surface area contributed by atoms with Crippen molar-refractivity contribution in [1.82, 2.24) is 10.1 Å². The van der Waals surface area contributed by atoms with E-state index in [2.05, 4.69) is 5.16 Å². The molecule has 5 heteroatoms. The third-order valence-corrected chi connectivity index (χ3v) is 3.98. The maximum atomic E-state index is 12.4. The fourth-order valence-corrected chi connectivity index (χ4v) is 2.48. The molecule has 2 heterocycles. The summed E-state index contributed by atoms with van der Waals surface area (Å²) in [7, 11) is 0. The Balaban J connectivity index is 2.01. The molecule has 1 aromatic rings. The molecule has 2 rings (SSSR count). The van der Waals surface area contributed by atoms with Crippen molar-refractivity contribution in [3.63, 3.8) is 0 Å². The topological polar surface area (TPSA) is 66.6 Å². The normalized spacial score (nSPS) is 19.1. The second-order valence-electron chi connectivity index (χ2n) is 6.70. The predicted molar refractivity (Wildman–Crippen MR) is 75.5 cm³/mol. The monoisotopic (exact) mass is 280 g/mol. The number of amides is 1. The van der Waals surface area contributed by atoms with Crippen LogP contribution in [0.5, 0.6) is 0 Å². The van der Waals surface area contributed by atoms with Gasteiger partial charge >= 0.3 is 0 Å². The molecule has 1 fully saturated rings. The van der Waals surface area contributed by atoms with Gasteiger partial charge in [-0.25, -0.2) is 0 Å². The lowest BCUT2D eigenvalue weighted by atomic mass is 9.91. The van der Waals surface area contributed by atoms with Crippen molar-refractivity contribution >= 4 is 5.91 Å². The van der Waals surface area contributed by atoms with Crippen molar-refractivity contribution in [2.45, 2.75) is 52.1 Å². The fourth-order valence-electron chi connectivity index (χ4n) is 2.48. The van der Waals surface area contributed by atoms with E-state index in [9.17, 15) is 9.90 Å². The average molecular weight is 280 g/mol. The average Bonchev–Trinajstić information content (AvgIpc) is 2.87. The summed E-state index contributed by atoms with van der Waals surface area (Å²) in [5.41, 5.74) is 0.232. The zero-order chi connectivity index (χ0) is 14.9. The predicted octanol–water partition coefficient (Wildman–Crippen LogP) is 2.21. The third kappa shape index (κ3) is 3.20. The third-order valence-electron chi connectivity index (χ3n) is 3.98. The lowest BCUT2D eigenvalue weighted by molar-refractivity contribution is 0.0513. The van der Waals surface area contributed by atoms with E-state index in [1.165, 1.54) is 0 Å². The molecule has 20 heavy (non-hydrogen) atoms. The second kappa shape index (κ2) is 5.56. The SMILES string of the molecule is CC(O)C1CCN(C(=O)c2cc(C(C)(C)C)on2)CC1. The first-order chi connectivity index (χ1) is 9.29. The van der Waals surface area contributed by atoms with Crippen LogP contribution in [-0.2, 0) is 5.41 Å². The van der Waals surface area contributed by atoms with Gasteiger partial charge in [-0.2, -0.15) is 0 Å². The van der Waals surface area contributed by atoms with E-state index in [1.54, 1.807) is 11.0 Å². The van der Waals surface area contributed by atoms with Crippen molar-refractivity contribution in [2.24, 2.45) is 5.92 Å². The highest BCUT2D eigenvalue weighted by Gasteiger charge is 2.29. The number of hydrogen-bond acceptors (Lipinski definition) is 4. The Morgan fingerprint density at radius 3 is 2.50 bits per heavy atom. The minimum atomic E-state index is -0.299. The van der Waals surface area contributed by atoms with Gasteiger partial charge in [-0.05, 0) is 25.7 Å². The number of aliphatic hydroxyl groups excluding tert-OH is 1. The molecule has 1 amide bonds. The number of rotatable bonds is 2. The van der Waals surface area contributed by atoms with Crippen molar-refractivity contribution in [3.8, 4) is 0 Å². The van der Waals surface area contributed by atoms with Crippen molar-refractivity contribution in [1.29, 1.82) is 0 Å². The minimum absolute atomic E-state index is 0.0757. The van der Waals surface area contributed by atoms with Crippen LogP contribution in [0.2, 0.25) is 0 Å². The Bertz CT molecular complexity index is 466. The molecule has 0 saturated carbocycles. The molecule has 1 N–H and O–H groups in total. The van der Waals surface area contributed by atoms with Crippen molar-refractivity contribution in [2.75, 3.05) is 13.1 Å². The van der Waals surface area contributed by atoms with Gasteiger partial charge in [0.25, 0.3) is 5.91 Å². The van der Waals surface area contributed by atoms with Crippen LogP contribution in [0.25, 0.3) is 0 Å². The maximum absolute atomic E-state index is 12.4. The van der Waals surface area contributed by atoms with Crippen LogP contribution in [0.15, 0.2) is 10.6 Å². The van der Waals surface area contributed by atoms with Crippen LogP contribution in [0.1, 0.15) is 56.8 Å². The Morgan fingerprint density at radius 1 is 1.45 bits per heavy atom. The summed E-state index contributed by atoms with van der Waals surface area (Å²) in [5, 5.41) is 13.5. The molecule has 1 aliphatic heterocycles. The highest BCUT2D eigenvalue weighted by atomic mass is 16.5. The lowest BCUT2D eigenvalue weighted by Crippen LogP contribution is -2.40. The second-order valence-corrected chi connectivity index (χ2v) is 6.70. The van der Waals surface area contributed by atoms with Crippen LogP contribution >= 0.6 is 0 Å². The summed E-state index contributed by atoms with van der Waals surface area (Å²) in [5.74, 6) is 0.939. The highest BCUT2D eigenvalue weighted by molar-refractivity contribution is 5.92. The van der Waals surface area contributed by atoms with Crippen molar-refractivity contribution < 1.29 is 14.4 Å². The molecule has 1 atom stereocenters.